The van der Waals surface area contributed by atoms with E-state index in [4.69, 9.17) is 4.74 Å². The van der Waals surface area contributed by atoms with Crippen molar-refractivity contribution in [2.75, 3.05) is 47.9 Å². The highest BCUT2D eigenvalue weighted by molar-refractivity contribution is 5.88. The molecule has 0 radical (unpaired) electrons. The number of carbonyl (C=O) groups excluding carboxylic acids is 1. The van der Waals surface area contributed by atoms with E-state index >= 15 is 0 Å². The zero-order chi connectivity index (χ0) is 12.6. The number of likely N-dealkylation sites (N-methyl/N-ethyl adjacent to an activating group) is 2. The molecule has 0 atom stereocenters. The lowest BCUT2D eigenvalue weighted by molar-refractivity contribution is -0.136. The van der Waals surface area contributed by atoms with Crippen molar-refractivity contribution in [1.29, 1.82) is 0 Å². The van der Waals surface area contributed by atoms with E-state index in [9.17, 15) is 4.79 Å². The number of carbonyl (C=O) groups is 1. The number of hydrogen-bond donors (Lipinski definition) is 0. The Morgan fingerprint density at radius 3 is 2.31 bits per heavy atom. The molecule has 0 N–H and O–H groups in total. The van der Waals surface area contributed by atoms with Gasteiger partial charge in [-0.15, -0.1) is 0 Å². The second-order valence-corrected chi connectivity index (χ2v) is 4.14. The highest BCUT2D eigenvalue weighted by Gasteiger charge is 2.06. The molecule has 0 heterocycles. The Morgan fingerprint density at radius 2 is 1.88 bits per heavy atom. The summed E-state index contributed by atoms with van der Waals surface area (Å²) in [5.41, 5.74) is 0.749. The van der Waals surface area contributed by atoms with Crippen LogP contribution in [-0.4, -0.2) is 63.7 Å². The molecule has 0 aromatic heterocycles. The number of rotatable bonds is 7. The van der Waals surface area contributed by atoms with Crippen LogP contribution >= 0.6 is 0 Å². The van der Waals surface area contributed by atoms with E-state index in [2.05, 4.69) is 23.9 Å². The minimum absolute atomic E-state index is 0.219. The molecule has 4 heteroatoms. The second-order valence-electron chi connectivity index (χ2n) is 4.14. The summed E-state index contributed by atoms with van der Waals surface area (Å²) in [6, 6.07) is 0. The predicted octanol–water partition coefficient (Wildman–Crippen LogP) is 0.989. The molecule has 0 aromatic carbocycles. The normalized spacial score (nSPS) is 12.3. The first-order valence-corrected chi connectivity index (χ1v) is 5.61. The average Bonchev–Trinajstić information content (AvgIpc) is 2.26. The summed E-state index contributed by atoms with van der Waals surface area (Å²) in [7, 11) is 7.57. The Kier molecular flexibility index (Phi) is 7.85. The van der Waals surface area contributed by atoms with Gasteiger partial charge in [0.2, 0.25) is 0 Å². The Hall–Kier alpha value is -0.870. The molecule has 0 spiro atoms. The Balaban J connectivity index is 4.06. The van der Waals surface area contributed by atoms with Gasteiger partial charge in [-0.05, 0) is 27.6 Å². The molecule has 0 bridgehead atoms. The molecular weight excluding hydrogens is 204 g/mol. The lowest BCUT2D eigenvalue weighted by atomic mass is 10.2. The summed E-state index contributed by atoms with van der Waals surface area (Å²) in [6.07, 6.45) is 2.66. The third-order valence-electron chi connectivity index (χ3n) is 2.41. The maximum atomic E-state index is 11.3. The molecule has 94 valence electrons. The monoisotopic (exact) mass is 228 g/mol. The Morgan fingerprint density at radius 1 is 1.25 bits per heavy atom. The number of nitrogens with zero attached hydrogens (tertiary/aromatic N) is 2. The lowest BCUT2D eigenvalue weighted by Gasteiger charge is -2.17. The Labute approximate surface area is 98.9 Å². The highest BCUT2D eigenvalue weighted by atomic mass is 16.5. The summed E-state index contributed by atoms with van der Waals surface area (Å²) < 4.78 is 4.70. The average molecular weight is 228 g/mol. The third kappa shape index (κ3) is 6.58. The van der Waals surface area contributed by atoms with Crippen molar-refractivity contribution in [1.82, 2.24) is 9.80 Å². The van der Waals surface area contributed by atoms with Gasteiger partial charge in [-0.2, -0.15) is 0 Å². The zero-order valence-electron chi connectivity index (χ0n) is 11.1. The first-order valence-electron chi connectivity index (χ1n) is 5.61. The largest absolute Gasteiger partial charge is 0.466 e. The molecule has 16 heavy (non-hydrogen) atoms. The molecule has 0 aromatic rings. The molecule has 0 aliphatic rings. The summed E-state index contributed by atoms with van der Waals surface area (Å²) in [5.74, 6) is -0.219. The molecular formula is C12H24N2O2. The van der Waals surface area contributed by atoms with Gasteiger partial charge in [0.1, 0.15) is 0 Å². The van der Waals surface area contributed by atoms with Gasteiger partial charge in [0.25, 0.3) is 0 Å². The maximum absolute atomic E-state index is 11.3. The molecule has 0 aliphatic heterocycles. The maximum Gasteiger partial charge on any atom is 0.333 e. The fourth-order valence-corrected chi connectivity index (χ4v) is 1.23. The van der Waals surface area contributed by atoms with Crippen molar-refractivity contribution in [3.8, 4) is 0 Å². The molecule has 0 saturated carbocycles. The van der Waals surface area contributed by atoms with Crippen LogP contribution in [0.3, 0.4) is 0 Å². The lowest BCUT2D eigenvalue weighted by Crippen LogP contribution is -2.29. The molecule has 0 rings (SSSR count). The fraction of sp³-hybridized carbons (Fsp3) is 0.750. The predicted molar refractivity (Wildman–Crippen MR) is 66.4 cm³/mol. The van der Waals surface area contributed by atoms with Crippen molar-refractivity contribution >= 4 is 5.97 Å². The molecule has 0 fully saturated rings. The zero-order valence-corrected chi connectivity index (χ0v) is 11.1. The molecule has 0 unspecified atom stereocenters. The smallest absolute Gasteiger partial charge is 0.333 e. The van der Waals surface area contributed by atoms with Crippen molar-refractivity contribution in [3.05, 3.63) is 11.6 Å². The fourth-order valence-electron chi connectivity index (χ4n) is 1.23. The van der Waals surface area contributed by atoms with Gasteiger partial charge in [0.15, 0.2) is 0 Å². The first kappa shape index (κ1) is 15.1. The van der Waals surface area contributed by atoms with E-state index in [0.29, 0.717) is 6.42 Å². The van der Waals surface area contributed by atoms with Crippen LogP contribution in [0.15, 0.2) is 11.6 Å². The number of hydrogen-bond acceptors (Lipinski definition) is 4. The molecule has 0 aliphatic carbocycles. The molecule has 4 nitrogen and oxygen atoms in total. The van der Waals surface area contributed by atoms with Gasteiger partial charge in [0, 0.05) is 25.2 Å². The SMILES string of the molecule is CCC(=CCN(C)CCN(C)C)C(=O)OC. The minimum atomic E-state index is -0.219. The van der Waals surface area contributed by atoms with Crippen LogP contribution in [0.1, 0.15) is 13.3 Å². The van der Waals surface area contributed by atoms with Crippen LogP contribution in [0.2, 0.25) is 0 Å². The van der Waals surface area contributed by atoms with Crippen molar-refractivity contribution in [3.63, 3.8) is 0 Å². The number of esters is 1. The van der Waals surface area contributed by atoms with Crippen molar-refractivity contribution in [2.45, 2.75) is 13.3 Å². The quantitative estimate of drug-likeness (QED) is 0.480. The van der Waals surface area contributed by atoms with Gasteiger partial charge in [-0.25, -0.2) is 4.79 Å². The topological polar surface area (TPSA) is 32.8 Å². The Bertz CT molecular complexity index is 237. The van der Waals surface area contributed by atoms with Crippen LogP contribution in [-0.2, 0) is 9.53 Å². The first-order chi connectivity index (χ1) is 7.51. The van der Waals surface area contributed by atoms with Crippen molar-refractivity contribution in [2.24, 2.45) is 0 Å². The molecule has 0 amide bonds. The van der Waals surface area contributed by atoms with Gasteiger partial charge < -0.3 is 14.5 Å². The van der Waals surface area contributed by atoms with Gasteiger partial charge in [0.05, 0.1) is 7.11 Å². The van der Waals surface area contributed by atoms with Gasteiger partial charge in [-0.3, -0.25) is 0 Å². The van der Waals surface area contributed by atoms with Crippen molar-refractivity contribution < 1.29 is 9.53 Å². The van der Waals surface area contributed by atoms with E-state index in [-0.39, 0.29) is 5.97 Å². The van der Waals surface area contributed by atoms with E-state index in [1.807, 2.05) is 20.0 Å². The van der Waals surface area contributed by atoms with E-state index in [0.717, 1.165) is 25.2 Å². The summed E-state index contributed by atoms with van der Waals surface area (Å²) in [5, 5.41) is 0. The van der Waals surface area contributed by atoms with Crippen LogP contribution < -0.4 is 0 Å². The van der Waals surface area contributed by atoms with Crippen LogP contribution in [0, 0.1) is 0 Å². The summed E-state index contributed by atoms with van der Waals surface area (Å²) >= 11 is 0. The second kappa shape index (κ2) is 8.30. The van der Waals surface area contributed by atoms with E-state index in [1.165, 1.54) is 7.11 Å². The minimum Gasteiger partial charge on any atom is -0.466 e. The van der Waals surface area contributed by atoms with Crippen LogP contribution in [0.4, 0.5) is 0 Å². The van der Waals surface area contributed by atoms with E-state index in [1.54, 1.807) is 0 Å². The molecule has 0 saturated heterocycles. The summed E-state index contributed by atoms with van der Waals surface area (Å²) in [6.45, 7) is 4.75. The standard InChI is InChI=1S/C12H24N2O2/c1-6-11(12(15)16-5)7-8-14(4)10-9-13(2)3/h7H,6,8-10H2,1-5H3. The van der Waals surface area contributed by atoms with Crippen LogP contribution in [0.25, 0.3) is 0 Å². The summed E-state index contributed by atoms with van der Waals surface area (Å²) in [4.78, 5) is 15.6. The highest BCUT2D eigenvalue weighted by Crippen LogP contribution is 2.03. The van der Waals surface area contributed by atoms with Gasteiger partial charge in [-0.1, -0.05) is 13.0 Å². The number of ether oxygens (including phenoxy) is 1. The van der Waals surface area contributed by atoms with Gasteiger partial charge >= 0.3 is 5.97 Å². The van der Waals surface area contributed by atoms with E-state index < -0.39 is 0 Å². The van der Waals surface area contributed by atoms with Crippen LogP contribution in [0.5, 0.6) is 0 Å². The number of methoxy groups -OCH3 is 1. The third-order valence-corrected chi connectivity index (χ3v) is 2.41.